The Morgan fingerprint density at radius 3 is 2.30 bits per heavy atom. The van der Waals surface area contributed by atoms with Gasteiger partial charge >= 0.3 is 5.97 Å². The van der Waals surface area contributed by atoms with E-state index in [0.29, 0.717) is 17.7 Å². The first kappa shape index (κ1) is 16.2. The molecule has 0 fully saturated rings. The lowest BCUT2D eigenvalue weighted by atomic mass is 9.95. The van der Waals surface area contributed by atoms with Crippen molar-refractivity contribution in [2.75, 3.05) is 20.5 Å². The van der Waals surface area contributed by atoms with Crippen molar-refractivity contribution in [3.63, 3.8) is 0 Å². The van der Waals surface area contributed by atoms with Crippen LogP contribution in [0.15, 0.2) is 24.3 Å². The van der Waals surface area contributed by atoms with Crippen LogP contribution in [0, 0.1) is 5.92 Å². The van der Waals surface area contributed by atoms with Crippen LogP contribution in [0.5, 0.6) is 5.75 Å². The van der Waals surface area contributed by atoms with E-state index in [1.807, 2.05) is 0 Å². The fraction of sp³-hybridized carbons (Fsp3) is 0.467. The van der Waals surface area contributed by atoms with Crippen LogP contribution < -0.4 is 4.74 Å². The molecule has 20 heavy (non-hydrogen) atoms. The van der Waals surface area contributed by atoms with Gasteiger partial charge in [-0.15, -0.1) is 0 Å². The molecule has 0 radical (unpaired) electrons. The average Bonchev–Trinajstić information content (AvgIpc) is 2.46. The molecule has 0 aromatic heterocycles. The van der Waals surface area contributed by atoms with Crippen LogP contribution in [-0.2, 0) is 14.3 Å². The minimum atomic E-state index is -0.749. The number of benzene rings is 1. The highest BCUT2D eigenvalue weighted by molar-refractivity contribution is 6.08. The topological polar surface area (TPSA) is 61.8 Å². The van der Waals surface area contributed by atoms with Gasteiger partial charge in [-0.25, -0.2) is 0 Å². The van der Waals surface area contributed by atoms with Gasteiger partial charge in [-0.05, 0) is 37.6 Å². The number of ether oxygens (including phenoxy) is 3. The molecule has 0 bridgehead atoms. The number of ketones is 1. The monoisotopic (exact) mass is 280 g/mol. The fourth-order valence-electron chi connectivity index (χ4n) is 1.75. The standard InChI is InChI=1S/C15H20O5/c1-4-13(15(17)19-5-2)14(16)11-6-8-12(9-7-11)20-10-18-3/h6-9,13H,4-5,10H2,1-3H3. The van der Waals surface area contributed by atoms with Gasteiger partial charge in [0.15, 0.2) is 12.6 Å². The van der Waals surface area contributed by atoms with Gasteiger partial charge in [0.1, 0.15) is 11.7 Å². The number of carbonyl (C=O) groups is 2. The molecule has 0 saturated heterocycles. The molecule has 110 valence electrons. The Kier molecular flexibility index (Phi) is 6.73. The summed E-state index contributed by atoms with van der Waals surface area (Å²) in [5.41, 5.74) is 0.467. The average molecular weight is 280 g/mol. The minimum Gasteiger partial charge on any atom is -0.468 e. The van der Waals surface area contributed by atoms with Gasteiger partial charge in [0, 0.05) is 12.7 Å². The summed E-state index contributed by atoms with van der Waals surface area (Å²) < 4.78 is 14.9. The Hall–Kier alpha value is -1.88. The van der Waals surface area contributed by atoms with E-state index in [9.17, 15) is 9.59 Å². The molecule has 0 N–H and O–H groups in total. The fourth-order valence-corrected chi connectivity index (χ4v) is 1.75. The van der Waals surface area contributed by atoms with Gasteiger partial charge < -0.3 is 14.2 Å². The quantitative estimate of drug-likeness (QED) is 0.317. The van der Waals surface area contributed by atoms with Crippen molar-refractivity contribution in [1.82, 2.24) is 0 Å². The summed E-state index contributed by atoms with van der Waals surface area (Å²) in [7, 11) is 1.53. The van der Waals surface area contributed by atoms with Crippen LogP contribution in [0.1, 0.15) is 30.6 Å². The highest BCUT2D eigenvalue weighted by atomic mass is 16.7. The summed E-state index contributed by atoms with van der Waals surface area (Å²) in [5.74, 6) is -0.850. The van der Waals surface area contributed by atoms with Crippen LogP contribution in [0.25, 0.3) is 0 Å². The van der Waals surface area contributed by atoms with Crippen molar-refractivity contribution in [1.29, 1.82) is 0 Å². The zero-order valence-electron chi connectivity index (χ0n) is 12.0. The first-order valence-corrected chi connectivity index (χ1v) is 6.56. The molecule has 0 aliphatic carbocycles. The van der Waals surface area contributed by atoms with Gasteiger partial charge in [-0.1, -0.05) is 6.92 Å². The number of carbonyl (C=O) groups excluding carboxylic acids is 2. The first-order chi connectivity index (χ1) is 9.63. The molecule has 0 aliphatic heterocycles. The third kappa shape index (κ3) is 4.35. The van der Waals surface area contributed by atoms with E-state index in [1.165, 1.54) is 7.11 Å². The molecular weight excluding hydrogens is 260 g/mol. The lowest BCUT2D eigenvalue weighted by Crippen LogP contribution is -2.25. The van der Waals surface area contributed by atoms with Crippen molar-refractivity contribution in [3.8, 4) is 5.75 Å². The van der Waals surface area contributed by atoms with Gasteiger partial charge in [0.25, 0.3) is 0 Å². The second-order valence-corrected chi connectivity index (χ2v) is 4.15. The molecule has 1 atom stereocenters. The van der Waals surface area contributed by atoms with Gasteiger partial charge in [-0.3, -0.25) is 9.59 Å². The zero-order valence-corrected chi connectivity index (χ0v) is 12.0. The largest absolute Gasteiger partial charge is 0.468 e. The van der Waals surface area contributed by atoms with Gasteiger partial charge in [-0.2, -0.15) is 0 Å². The molecule has 1 rings (SSSR count). The molecule has 5 nitrogen and oxygen atoms in total. The number of hydrogen-bond donors (Lipinski definition) is 0. The molecule has 1 aromatic rings. The molecular formula is C15H20O5. The van der Waals surface area contributed by atoms with E-state index in [0.717, 1.165) is 0 Å². The minimum absolute atomic E-state index is 0.147. The summed E-state index contributed by atoms with van der Waals surface area (Å²) in [4.78, 5) is 24.0. The second-order valence-electron chi connectivity index (χ2n) is 4.15. The van der Waals surface area contributed by atoms with Gasteiger partial charge in [0.05, 0.1) is 6.61 Å². The maximum absolute atomic E-state index is 12.3. The van der Waals surface area contributed by atoms with E-state index in [4.69, 9.17) is 14.2 Å². The van der Waals surface area contributed by atoms with E-state index >= 15 is 0 Å². The molecule has 0 saturated carbocycles. The highest BCUT2D eigenvalue weighted by Crippen LogP contribution is 2.18. The van der Waals surface area contributed by atoms with E-state index in [-0.39, 0.29) is 19.2 Å². The lowest BCUT2D eigenvalue weighted by Gasteiger charge is -2.12. The van der Waals surface area contributed by atoms with Crippen LogP contribution in [-0.4, -0.2) is 32.3 Å². The van der Waals surface area contributed by atoms with E-state index in [1.54, 1.807) is 38.1 Å². The number of methoxy groups -OCH3 is 1. The SMILES string of the molecule is CCOC(=O)C(CC)C(=O)c1ccc(OCOC)cc1. The Balaban J connectivity index is 2.77. The molecule has 1 aromatic carbocycles. The van der Waals surface area contributed by atoms with Crippen LogP contribution in [0.3, 0.4) is 0 Å². The normalized spacial score (nSPS) is 11.8. The highest BCUT2D eigenvalue weighted by Gasteiger charge is 2.26. The summed E-state index contributed by atoms with van der Waals surface area (Å²) in [6, 6.07) is 6.61. The molecule has 0 amide bonds. The third-order valence-electron chi connectivity index (χ3n) is 2.78. The number of Topliss-reactive ketones (excluding diaryl/α,β-unsaturated/α-hetero) is 1. The lowest BCUT2D eigenvalue weighted by molar-refractivity contribution is -0.146. The van der Waals surface area contributed by atoms with Crippen molar-refractivity contribution in [2.24, 2.45) is 5.92 Å². The maximum Gasteiger partial charge on any atom is 0.316 e. The second kappa shape index (κ2) is 8.32. The van der Waals surface area contributed by atoms with Gasteiger partial charge in [0.2, 0.25) is 0 Å². The Morgan fingerprint density at radius 1 is 1.15 bits per heavy atom. The first-order valence-electron chi connectivity index (χ1n) is 6.56. The Bertz CT molecular complexity index is 438. The molecule has 1 unspecified atom stereocenters. The summed E-state index contributed by atoms with van der Waals surface area (Å²) in [5, 5.41) is 0. The molecule has 0 spiro atoms. The predicted octanol–water partition coefficient (Wildman–Crippen LogP) is 2.44. The third-order valence-corrected chi connectivity index (χ3v) is 2.78. The van der Waals surface area contributed by atoms with Crippen molar-refractivity contribution in [3.05, 3.63) is 29.8 Å². The van der Waals surface area contributed by atoms with Crippen molar-refractivity contribution in [2.45, 2.75) is 20.3 Å². The van der Waals surface area contributed by atoms with Crippen LogP contribution in [0.2, 0.25) is 0 Å². The summed E-state index contributed by atoms with van der Waals surface area (Å²) >= 11 is 0. The van der Waals surface area contributed by atoms with Crippen molar-refractivity contribution < 1.29 is 23.8 Å². The van der Waals surface area contributed by atoms with Crippen LogP contribution >= 0.6 is 0 Å². The molecule has 0 aliphatic rings. The zero-order chi connectivity index (χ0) is 15.0. The maximum atomic E-state index is 12.3. The predicted molar refractivity (Wildman–Crippen MR) is 73.7 cm³/mol. The Morgan fingerprint density at radius 2 is 1.80 bits per heavy atom. The molecule has 0 heterocycles. The van der Waals surface area contributed by atoms with E-state index in [2.05, 4.69) is 0 Å². The summed E-state index contributed by atoms with van der Waals surface area (Å²) in [6.45, 7) is 3.92. The van der Waals surface area contributed by atoms with Crippen LogP contribution in [0.4, 0.5) is 0 Å². The number of esters is 1. The number of hydrogen-bond acceptors (Lipinski definition) is 5. The Labute approximate surface area is 118 Å². The smallest absolute Gasteiger partial charge is 0.316 e. The number of rotatable bonds is 8. The van der Waals surface area contributed by atoms with E-state index < -0.39 is 11.9 Å². The summed E-state index contributed by atoms with van der Waals surface area (Å²) in [6.07, 6.45) is 0.416. The molecule has 5 heteroatoms. The van der Waals surface area contributed by atoms with Crippen molar-refractivity contribution >= 4 is 11.8 Å².